The molecular formula is C8H16B. The van der Waals surface area contributed by atoms with Gasteiger partial charge in [-0.15, -0.1) is 0 Å². The Labute approximate surface area is 59.3 Å². The molecule has 1 heteroatoms. The summed E-state index contributed by atoms with van der Waals surface area (Å²) in [6, 6.07) is 0. The van der Waals surface area contributed by atoms with Crippen LogP contribution < -0.4 is 0 Å². The minimum Gasteiger partial charge on any atom is -0.0777 e. The van der Waals surface area contributed by atoms with Gasteiger partial charge in [-0.3, -0.25) is 0 Å². The molecule has 0 saturated heterocycles. The van der Waals surface area contributed by atoms with E-state index in [2.05, 4.69) is 28.1 Å². The molecule has 0 heterocycles. The van der Waals surface area contributed by atoms with E-state index in [0.717, 1.165) is 17.7 Å². The molecule has 0 aromatic heterocycles. The van der Waals surface area contributed by atoms with Crippen LogP contribution in [0.5, 0.6) is 0 Å². The summed E-state index contributed by atoms with van der Waals surface area (Å²) < 4.78 is 0. The second kappa shape index (κ2) is 2.77. The van der Waals surface area contributed by atoms with Gasteiger partial charge in [-0.1, -0.05) is 45.2 Å². The Hall–Kier alpha value is 0.0649. The third kappa shape index (κ3) is 2.42. The molecule has 1 fully saturated rings. The Bertz CT molecular complexity index is 88.6. The SMILES string of the molecule is CC(C)C[B]C1CC1C. The van der Waals surface area contributed by atoms with E-state index < -0.39 is 0 Å². The molecule has 0 spiro atoms. The lowest BCUT2D eigenvalue weighted by molar-refractivity contribution is 0.728. The summed E-state index contributed by atoms with van der Waals surface area (Å²) >= 11 is 0. The average Bonchev–Trinajstić information content (AvgIpc) is 2.42. The molecule has 0 aromatic rings. The Morgan fingerprint density at radius 1 is 1.56 bits per heavy atom. The first-order chi connectivity index (χ1) is 4.20. The highest BCUT2D eigenvalue weighted by Gasteiger charge is 2.31. The van der Waals surface area contributed by atoms with Crippen LogP contribution in [0.25, 0.3) is 0 Å². The zero-order valence-electron chi connectivity index (χ0n) is 6.72. The lowest BCUT2D eigenvalue weighted by atomic mass is 9.65. The van der Waals surface area contributed by atoms with Gasteiger partial charge in [0.05, 0.1) is 0 Å². The van der Waals surface area contributed by atoms with Crippen molar-refractivity contribution in [2.75, 3.05) is 0 Å². The van der Waals surface area contributed by atoms with Gasteiger partial charge in [0.25, 0.3) is 0 Å². The van der Waals surface area contributed by atoms with E-state index in [4.69, 9.17) is 0 Å². The predicted molar refractivity (Wildman–Crippen MR) is 42.9 cm³/mol. The van der Waals surface area contributed by atoms with Crippen LogP contribution in [0.2, 0.25) is 12.1 Å². The standard InChI is InChI=1S/C8H16B/c1-6(2)5-9-8-4-7(8)3/h6-8H,4-5H2,1-3H3. The van der Waals surface area contributed by atoms with Crippen molar-refractivity contribution in [1.82, 2.24) is 0 Å². The number of hydrogen-bond acceptors (Lipinski definition) is 0. The average molecular weight is 123 g/mol. The molecule has 1 aliphatic rings. The molecule has 9 heavy (non-hydrogen) atoms. The summed E-state index contributed by atoms with van der Waals surface area (Å²) in [6.07, 6.45) is 2.77. The first-order valence-electron chi connectivity index (χ1n) is 4.03. The van der Waals surface area contributed by atoms with Gasteiger partial charge in [-0.05, 0) is 5.92 Å². The fraction of sp³-hybridized carbons (Fsp3) is 1.00. The Balaban J connectivity index is 1.94. The van der Waals surface area contributed by atoms with Crippen molar-refractivity contribution in [3.8, 4) is 0 Å². The lowest BCUT2D eigenvalue weighted by Crippen LogP contribution is -1.95. The molecule has 0 nitrogen and oxygen atoms in total. The number of hydrogen-bond donors (Lipinski definition) is 0. The van der Waals surface area contributed by atoms with Gasteiger partial charge in [0.1, 0.15) is 7.28 Å². The minimum atomic E-state index is 0.859. The summed E-state index contributed by atoms with van der Waals surface area (Å²) in [5.41, 5.74) is 0. The normalized spacial score (nSPS) is 32.9. The fourth-order valence-corrected chi connectivity index (χ4v) is 1.13. The van der Waals surface area contributed by atoms with Gasteiger partial charge in [-0.2, -0.15) is 0 Å². The highest BCUT2D eigenvalue weighted by molar-refractivity contribution is 6.39. The van der Waals surface area contributed by atoms with Crippen LogP contribution in [0, 0.1) is 11.8 Å². The minimum absolute atomic E-state index is 0.859. The molecule has 0 N–H and O–H groups in total. The molecule has 0 aromatic carbocycles. The highest BCUT2D eigenvalue weighted by atomic mass is 14.3. The van der Waals surface area contributed by atoms with Gasteiger partial charge in [0.15, 0.2) is 0 Å². The van der Waals surface area contributed by atoms with Gasteiger partial charge in [0, 0.05) is 0 Å². The van der Waals surface area contributed by atoms with Crippen molar-refractivity contribution in [1.29, 1.82) is 0 Å². The molecule has 0 aliphatic heterocycles. The molecule has 1 radical (unpaired) electrons. The molecule has 0 amide bonds. The maximum absolute atomic E-state index is 2.50. The summed E-state index contributed by atoms with van der Waals surface area (Å²) in [5, 5.41) is 0. The second-order valence-corrected chi connectivity index (χ2v) is 3.74. The second-order valence-electron chi connectivity index (χ2n) is 3.74. The van der Waals surface area contributed by atoms with Crippen LogP contribution in [0.15, 0.2) is 0 Å². The first-order valence-corrected chi connectivity index (χ1v) is 4.03. The van der Waals surface area contributed by atoms with E-state index in [1.165, 1.54) is 12.7 Å². The summed E-state index contributed by atoms with van der Waals surface area (Å²) in [6.45, 7) is 6.90. The summed E-state index contributed by atoms with van der Waals surface area (Å²) in [5.74, 6) is 2.84. The molecule has 1 rings (SSSR count). The molecule has 0 bridgehead atoms. The fourth-order valence-electron chi connectivity index (χ4n) is 1.13. The van der Waals surface area contributed by atoms with E-state index in [0.29, 0.717) is 0 Å². The molecule has 2 unspecified atom stereocenters. The van der Waals surface area contributed by atoms with Gasteiger partial charge in [-0.25, -0.2) is 0 Å². The van der Waals surface area contributed by atoms with Crippen LogP contribution in [0.4, 0.5) is 0 Å². The zero-order chi connectivity index (χ0) is 6.85. The largest absolute Gasteiger partial charge is 0.114 e. The zero-order valence-corrected chi connectivity index (χ0v) is 6.72. The van der Waals surface area contributed by atoms with E-state index in [1.54, 1.807) is 0 Å². The Morgan fingerprint density at radius 2 is 2.11 bits per heavy atom. The van der Waals surface area contributed by atoms with Crippen LogP contribution in [0.1, 0.15) is 27.2 Å². The monoisotopic (exact) mass is 123 g/mol. The topological polar surface area (TPSA) is 0 Å². The van der Waals surface area contributed by atoms with E-state index >= 15 is 0 Å². The molecule has 2 atom stereocenters. The van der Waals surface area contributed by atoms with Crippen LogP contribution in [-0.4, -0.2) is 7.28 Å². The van der Waals surface area contributed by atoms with Crippen molar-refractivity contribution in [3.63, 3.8) is 0 Å². The Morgan fingerprint density at radius 3 is 2.44 bits per heavy atom. The number of rotatable bonds is 3. The maximum atomic E-state index is 2.50. The van der Waals surface area contributed by atoms with Crippen molar-refractivity contribution in [2.24, 2.45) is 11.8 Å². The summed E-state index contributed by atoms with van der Waals surface area (Å²) in [4.78, 5) is 0. The molecule has 1 saturated carbocycles. The predicted octanol–water partition coefficient (Wildman–Crippen LogP) is 2.59. The Kier molecular flexibility index (Phi) is 2.20. The molecule has 51 valence electrons. The van der Waals surface area contributed by atoms with Crippen molar-refractivity contribution in [2.45, 2.75) is 39.3 Å². The quantitative estimate of drug-likeness (QED) is 0.506. The molecular weight excluding hydrogens is 107 g/mol. The van der Waals surface area contributed by atoms with E-state index in [1.807, 2.05) is 0 Å². The third-order valence-electron chi connectivity index (χ3n) is 2.08. The lowest BCUT2D eigenvalue weighted by Gasteiger charge is -1.99. The first kappa shape index (κ1) is 7.18. The van der Waals surface area contributed by atoms with Gasteiger partial charge < -0.3 is 0 Å². The van der Waals surface area contributed by atoms with Crippen LogP contribution in [-0.2, 0) is 0 Å². The van der Waals surface area contributed by atoms with Crippen molar-refractivity contribution >= 4 is 7.28 Å². The summed E-state index contributed by atoms with van der Waals surface area (Å²) in [7, 11) is 2.50. The molecule has 1 aliphatic carbocycles. The smallest absolute Gasteiger partial charge is 0.0777 e. The van der Waals surface area contributed by atoms with Gasteiger partial charge >= 0.3 is 0 Å². The highest BCUT2D eigenvalue weighted by Crippen LogP contribution is 2.44. The van der Waals surface area contributed by atoms with Crippen LogP contribution in [0.3, 0.4) is 0 Å². The van der Waals surface area contributed by atoms with E-state index in [9.17, 15) is 0 Å². The van der Waals surface area contributed by atoms with Gasteiger partial charge in [0.2, 0.25) is 0 Å². The van der Waals surface area contributed by atoms with E-state index in [-0.39, 0.29) is 0 Å². The third-order valence-corrected chi connectivity index (χ3v) is 2.08. The maximum Gasteiger partial charge on any atom is 0.114 e. The van der Waals surface area contributed by atoms with Crippen LogP contribution >= 0.6 is 0 Å². The van der Waals surface area contributed by atoms with Crippen molar-refractivity contribution in [3.05, 3.63) is 0 Å². The van der Waals surface area contributed by atoms with Crippen molar-refractivity contribution < 1.29 is 0 Å².